The first-order chi connectivity index (χ1) is 17.7. The highest BCUT2D eigenvalue weighted by Gasteiger charge is 2.24. The Morgan fingerprint density at radius 2 is 1.58 bits per heavy atom. The normalized spacial score (nSPS) is 18.9. The van der Waals surface area contributed by atoms with E-state index >= 15 is 0 Å². The number of hydrogen-bond donors (Lipinski definition) is 1. The summed E-state index contributed by atoms with van der Waals surface area (Å²) in [6.07, 6.45) is 3.89. The van der Waals surface area contributed by atoms with Crippen LogP contribution < -0.4 is 15.8 Å². The van der Waals surface area contributed by atoms with Crippen LogP contribution in [0, 0.1) is 0 Å². The number of rotatable bonds is 5. The van der Waals surface area contributed by atoms with Gasteiger partial charge in [0, 0.05) is 58.7 Å². The highest BCUT2D eigenvalue weighted by molar-refractivity contribution is 8.05. The van der Waals surface area contributed by atoms with Crippen LogP contribution in [0.2, 0.25) is 0 Å². The second-order valence-electron chi connectivity index (χ2n) is 9.54. The van der Waals surface area contributed by atoms with Crippen molar-refractivity contribution in [3.8, 4) is 5.69 Å². The number of pyridine rings is 1. The van der Waals surface area contributed by atoms with Crippen molar-refractivity contribution in [2.45, 2.75) is 51.9 Å². The number of ether oxygens (including phenoxy) is 1. The lowest BCUT2D eigenvalue weighted by Gasteiger charge is -2.35. The molecule has 1 N–H and O–H groups in total. The molecule has 3 aliphatic heterocycles. The Hall–Kier alpha value is -2.39. The largest absolute Gasteiger partial charge is 0.378 e. The SMILES string of the molecule is CC(Nc1cc(N2CCOCC2)cc(=O)n1-c1cccc2c1Sc1ccccc1S2)N1CCCCC1. The highest BCUT2D eigenvalue weighted by atomic mass is 32.2. The Kier molecular flexibility index (Phi) is 7.02. The van der Waals surface area contributed by atoms with E-state index in [0.717, 1.165) is 48.3 Å². The lowest BCUT2D eigenvalue weighted by atomic mass is 10.1. The molecule has 8 heteroatoms. The molecular formula is C28H32N4O2S2. The lowest BCUT2D eigenvalue weighted by Crippen LogP contribution is -2.43. The number of hydrogen-bond acceptors (Lipinski definition) is 7. The molecule has 2 fully saturated rings. The molecule has 4 heterocycles. The monoisotopic (exact) mass is 520 g/mol. The molecule has 1 unspecified atom stereocenters. The number of nitrogens with one attached hydrogen (secondary N) is 1. The Bertz CT molecular complexity index is 1300. The Labute approximate surface area is 221 Å². The maximum Gasteiger partial charge on any atom is 0.258 e. The number of morpholine rings is 1. The summed E-state index contributed by atoms with van der Waals surface area (Å²) in [5.74, 6) is 0.847. The molecule has 6 nitrogen and oxygen atoms in total. The molecule has 3 aliphatic rings. The second kappa shape index (κ2) is 10.5. The lowest BCUT2D eigenvalue weighted by molar-refractivity contribution is 0.122. The maximum atomic E-state index is 13.8. The molecule has 0 saturated carbocycles. The number of benzene rings is 2. The summed E-state index contributed by atoms with van der Waals surface area (Å²) in [6, 6.07) is 18.7. The third-order valence-electron chi connectivity index (χ3n) is 7.17. The van der Waals surface area contributed by atoms with Crippen molar-refractivity contribution < 1.29 is 4.74 Å². The number of aromatic nitrogens is 1. The van der Waals surface area contributed by atoms with E-state index in [-0.39, 0.29) is 11.7 Å². The van der Waals surface area contributed by atoms with Crippen LogP contribution >= 0.6 is 23.5 Å². The second-order valence-corrected chi connectivity index (χ2v) is 11.7. The standard InChI is InChI=1S/C28H32N4O2S2/c1-20(30-12-5-2-6-13-30)29-26-18-21(31-14-16-34-17-15-31)19-27(33)32(26)22-8-7-11-25-28(22)36-24-10-4-3-9-23(24)35-25/h3-4,7-11,18-20,29H,2,5-6,12-17H2,1H3. The molecule has 2 saturated heterocycles. The van der Waals surface area contributed by atoms with E-state index in [4.69, 9.17) is 4.74 Å². The van der Waals surface area contributed by atoms with Gasteiger partial charge in [0.05, 0.1) is 30.0 Å². The van der Waals surface area contributed by atoms with Gasteiger partial charge < -0.3 is 15.0 Å². The quantitative estimate of drug-likeness (QED) is 0.371. The van der Waals surface area contributed by atoms with Crippen molar-refractivity contribution in [3.05, 3.63) is 65.0 Å². The van der Waals surface area contributed by atoms with Crippen molar-refractivity contribution in [2.24, 2.45) is 0 Å². The van der Waals surface area contributed by atoms with Gasteiger partial charge in [0.1, 0.15) is 5.82 Å². The molecule has 0 radical (unpaired) electrons. The fraction of sp³-hybridized carbons (Fsp3) is 0.393. The zero-order valence-corrected chi connectivity index (χ0v) is 22.2. The predicted molar refractivity (Wildman–Crippen MR) is 148 cm³/mol. The molecule has 0 amide bonds. The number of likely N-dealkylation sites (tertiary alicyclic amines) is 1. The van der Waals surface area contributed by atoms with Gasteiger partial charge in [0.2, 0.25) is 0 Å². The summed E-state index contributed by atoms with van der Waals surface area (Å²) in [4.78, 5) is 23.4. The third kappa shape index (κ3) is 4.79. The van der Waals surface area contributed by atoms with Crippen LogP contribution in [0.4, 0.5) is 11.5 Å². The molecule has 6 rings (SSSR count). The van der Waals surface area contributed by atoms with Gasteiger partial charge in [0.15, 0.2) is 0 Å². The zero-order valence-electron chi connectivity index (χ0n) is 20.6. The third-order valence-corrected chi connectivity index (χ3v) is 9.77. The molecule has 3 aromatic rings. The van der Waals surface area contributed by atoms with Crippen LogP contribution in [0.25, 0.3) is 5.69 Å². The summed E-state index contributed by atoms with van der Waals surface area (Å²) in [5, 5.41) is 3.74. The molecule has 0 spiro atoms. The van der Waals surface area contributed by atoms with Crippen LogP contribution in [0.15, 0.2) is 79.0 Å². The zero-order chi connectivity index (χ0) is 24.5. The minimum atomic E-state index is -0.00908. The van der Waals surface area contributed by atoms with Crippen LogP contribution in [-0.4, -0.2) is 55.0 Å². The summed E-state index contributed by atoms with van der Waals surface area (Å²) >= 11 is 3.53. The molecule has 36 heavy (non-hydrogen) atoms. The van der Waals surface area contributed by atoms with E-state index in [1.807, 2.05) is 4.57 Å². The summed E-state index contributed by atoms with van der Waals surface area (Å²) in [5.41, 5.74) is 1.89. The Balaban J connectivity index is 1.43. The van der Waals surface area contributed by atoms with Crippen molar-refractivity contribution in [3.63, 3.8) is 0 Å². The van der Waals surface area contributed by atoms with Crippen molar-refractivity contribution in [1.82, 2.24) is 9.47 Å². The van der Waals surface area contributed by atoms with Crippen molar-refractivity contribution in [2.75, 3.05) is 49.6 Å². The maximum absolute atomic E-state index is 13.8. The smallest absolute Gasteiger partial charge is 0.258 e. The molecule has 1 atom stereocenters. The molecule has 188 valence electrons. The molecular weight excluding hydrogens is 488 g/mol. The number of piperidine rings is 1. The molecule has 0 bridgehead atoms. The van der Waals surface area contributed by atoms with Crippen LogP contribution in [0.1, 0.15) is 26.2 Å². The van der Waals surface area contributed by atoms with E-state index in [1.54, 1.807) is 29.6 Å². The van der Waals surface area contributed by atoms with Crippen LogP contribution in [0.3, 0.4) is 0 Å². The minimum Gasteiger partial charge on any atom is -0.378 e. The van der Waals surface area contributed by atoms with Gasteiger partial charge >= 0.3 is 0 Å². The van der Waals surface area contributed by atoms with E-state index < -0.39 is 0 Å². The van der Waals surface area contributed by atoms with Gasteiger partial charge in [-0.1, -0.05) is 48.1 Å². The van der Waals surface area contributed by atoms with Gasteiger partial charge in [-0.2, -0.15) is 0 Å². The van der Waals surface area contributed by atoms with E-state index in [0.29, 0.717) is 13.2 Å². The van der Waals surface area contributed by atoms with E-state index in [9.17, 15) is 4.79 Å². The summed E-state index contributed by atoms with van der Waals surface area (Å²) in [6.45, 7) is 7.37. The van der Waals surface area contributed by atoms with Gasteiger partial charge in [-0.3, -0.25) is 14.3 Å². The van der Waals surface area contributed by atoms with Crippen molar-refractivity contribution >= 4 is 35.0 Å². The van der Waals surface area contributed by atoms with Crippen LogP contribution in [0.5, 0.6) is 0 Å². The van der Waals surface area contributed by atoms with Gasteiger partial charge in [0.25, 0.3) is 5.56 Å². The van der Waals surface area contributed by atoms with Crippen molar-refractivity contribution in [1.29, 1.82) is 0 Å². The fourth-order valence-electron chi connectivity index (χ4n) is 5.24. The van der Waals surface area contributed by atoms with E-state index in [1.165, 1.54) is 33.9 Å². The van der Waals surface area contributed by atoms with Gasteiger partial charge in [-0.05, 0) is 44.0 Å². The highest BCUT2D eigenvalue weighted by Crippen LogP contribution is 2.50. The first kappa shape index (κ1) is 24.0. The Morgan fingerprint density at radius 3 is 2.36 bits per heavy atom. The minimum absolute atomic E-state index is 0.00908. The van der Waals surface area contributed by atoms with Gasteiger partial charge in [-0.25, -0.2) is 0 Å². The van der Waals surface area contributed by atoms with Crippen LogP contribution in [-0.2, 0) is 4.74 Å². The average molecular weight is 521 g/mol. The predicted octanol–water partition coefficient (Wildman–Crippen LogP) is 5.53. The summed E-state index contributed by atoms with van der Waals surface area (Å²) in [7, 11) is 0. The van der Waals surface area contributed by atoms with E-state index in [2.05, 4.69) is 70.6 Å². The average Bonchev–Trinajstić information content (AvgIpc) is 2.92. The fourth-order valence-corrected chi connectivity index (χ4v) is 7.60. The molecule has 2 aromatic carbocycles. The first-order valence-corrected chi connectivity index (χ1v) is 14.5. The topological polar surface area (TPSA) is 49.7 Å². The number of anilines is 2. The van der Waals surface area contributed by atoms with Gasteiger partial charge in [-0.15, -0.1) is 0 Å². The molecule has 1 aromatic heterocycles. The Morgan fingerprint density at radius 1 is 0.861 bits per heavy atom. The number of nitrogens with zero attached hydrogens (tertiary/aromatic N) is 3. The molecule has 0 aliphatic carbocycles. The summed E-state index contributed by atoms with van der Waals surface area (Å²) < 4.78 is 7.44. The number of fused-ring (bicyclic) bond motifs is 2. The first-order valence-electron chi connectivity index (χ1n) is 12.9.